The third-order valence-corrected chi connectivity index (χ3v) is 4.81. The van der Waals surface area contributed by atoms with E-state index < -0.39 is 6.10 Å². The van der Waals surface area contributed by atoms with E-state index in [0.717, 1.165) is 36.0 Å². The number of benzene rings is 1. The quantitative estimate of drug-likeness (QED) is 0.803. The lowest BCUT2D eigenvalue weighted by atomic mass is 9.87. The van der Waals surface area contributed by atoms with Crippen LogP contribution in [-0.2, 0) is 6.42 Å². The molecule has 0 saturated heterocycles. The summed E-state index contributed by atoms with van der Waals surface area (Å²) in [6.07, 6.45) is 1.94. The molecule has 2 aromatic rings. The van der Waals surface area contributed by atoms with Crippen molar-refractivity contribution >= 4 is 17.4 Å². The van der Waals surface area contributed by atoms with Gasteiger partial charge in [0.15, 0.2) is 0 Å². The van der Waals surface area contributed by atoms with Crippen LogP contribution in [0.4, 0.5) is 9.18 Å². The van der Waals surface area contributed by atoms with Crippen LogP contribution in [0, 0.1) is 5.82 Å². The second-order valence-corrected chi connectivity index (χ2v) is 6.49. The number of aliphatic hydroxyl groups excluding tert-OH is 1. The average Bonchev–Trinajstić information content (AvgIpc) is 3.08. The lowest BCUT2D eigenvalue weighted by Gasteiger charge is -2.26. The maximum Gasteiger partial charge on any atom is 0.315 e. The number of carbonyl (C=O) groups excluding carboxylic acids is 1. The molecule has 0 aliphatic heterocycles. The molecule has 4 nitrogen and oxygen atoms in total. The third kappa shape index (κ3) is 3.89. The Hall–Kier alpha value is -1.92. The zero-order valence-corrected chi connectivity index (χ0v) is 13.4. The standard InChI is InChI=1S/C17H19FN2O2S/c18-13-5-4-11-2-1-3-15(14(11)8-13)20-17(22)19-9-16(21)12-6-7-23-10-12/h4-8,10,15-16,21H,1-3,9H2,(H2,19,20,22). The van der Waals surface area contributed by atoms with Gasteiger partial charge in [-0.05, 0) is 64.9 Å². The number of halogens is 1. The van der Waals surface area contributed by atoms with E-state index in [1.165, 1.54) is 23.5 Å². The Morgan fingerprint density at radius 1 is 1.43 bits per heavy atom. The van der Waals surface area contributed by atoms with Crippen molar-refractivity contribution < 1.29 is 14.3 Å². The fourth-order valence-electron chi connectivity index (χ4n) is 2.90. The summed E-state index contributed by atoms with van der Waals surface area (Å²) in [5.74, 6) is -0.286. The lowest BCUT2D eigenvalue weighted by Crippen LogP contribution is -2.40. The molecule has 1 heterocycles. The van der Waals surface area contributed by atoms with Crippen LogP contribution in [0.3, 0.4) is 0 Å². The van der Waals surface area contributed by atoms with E-state index in [1.807, 2.05) is 16.8 Å². The highest BCUT2D eigenvalue weighted by Crippen LogP contribution is 2.30. The minimum absolute atomic E-state index is 0.144. The van der Waals surface area contributed by atoms with Crippen molar-refractivity contribution in [2.45, 2.75) is 31.4 Å². The molecule has 2 atom stereocenters. The van der Waals surface area contributed by atoms with Gasteiger partial charge >= 0.3 is 6.03 Å². The summed E-state index contributed by atoms with van der Waals surface area (Å²) in [6.45, 7) is 0.144. The Labute approximate surface area is 138 Å². The van der Waals surface area contributed by atoms with Crippen LogP contribution >= 0.6 is 11.3 Å². The topological polar surface area (TPSA) is 61.4 Å². The number of carbonyl (C=O) groups is 1. The van der Waals surface area contributed by atoms with Crippen LogP contribution in [0.5, 0.6) is 0 Å². The van der Waals surface area contributed by atoms with Gasteiger partial charge < -0.3 is 15.7 Å². The van der Waals surface area contributed by atoms with E-state index in [0.29, 0.717) is 0 Å². The van der Waals surface area contributed by atoms with E-state index in [-0.39, 0.29) is 24.4 Å². The molecular formula is C17H19FN2O2S. The smallest absolute Gasteiger partial charge is 0.315 e. The van der Waals surface area contributed by atoms with Crippen molar-refractivity contribution in [2.24, 2.45) is 0 Å². The minimum Gasteiger partial charge on any atom is -0.387 e. The zero-order valence-electron chi connectivity index (χ0n) is 12.6. The molecule has 1 aliphatic carbocycles. The molecule has 1 aromatic heterocycles. The number of thiophene rings is 1. The number of nitrogens with one attached hydrogen (secondary N) is 2. The number of aryl methyl sites for hydroxylation is 1. The molecule has 1 aromatic carbocycles. The second kappa shape index (κ2) is 7.10. The summed E-state index contributed by atoms with van der Waals surface area (Å²) in [7, 11) is 0. The Morgan fingerprint density at radius 3 is 3.09 bits per heavy atom. The maximum absolute atomic E-state index is 13.5. The molecule has 1 aliphatic rings. The molecule has 2 unspecified atom stereocenters. The summed E-state index contributed by atoms with van der Waals surface area (Å²) in [5.41, 5.74) is 2.73. The van der Waals surface area contributed by atoms with E-state index >= 15 is 0 Å². The van der Waals surface area contributed by atoms with Crippen molar-refractivity contribution in [1.82, 2.24) is 10.6 Å². The highest BCUT2D eigenvalue weighted by Gasteiger charge is 2.22. The van der Waals surface area contributed by atoms with Crippen LogP contribution in [0.25, 0.3) is 0 Å². The Morgan fingerprint density at radius 2 is 2.30 bits per heavy atom. The van der Waals surface area contributed by atoms with Crippen LogP contribution in [0.15, 0.2) is 35.0 Å². The molecule has 0 bridgehead atoms. The Kier molecular flexibility index (Phi) is 4.93. The fraction of sp³-hybridized carbons (Fsp3) is 0.353. The normalized spacial score (nSPS) is 18.1. The lowest BCUT2D eigenvalue weighted by molar-refractivity contribution is 0.172. The molecule has 122 valence electrons. The monoisotopic (exact) mass is 334 g/mol. The van der Waals surface area contributed by atoms with E-state index in [2.05, 4.69) is 10.6 Å². The molecule has 2 amide bonds. The summed E-state index contributed by atoms with van der Waals surface area (Å²) >= 11 is 1.50. The van der Waals surface area contributed by atoms with Crippen molar-refractivity contribution in [3.8, 4) is 0 Å². The molecule has 0 saturated carbocycles. The first-order chi connectivity index (χ1) is 11.1. The van der Waals surface area contributed by atoms with E-state index in [1.54, 1.807) is 6.07 Å². The molecule has 0 spiro atoms. The predicted octanol–water partition coefficient (Wildman–Crippen LogP) is 3.30. The van der Waals surface area contributed by atoms with Crippen molar-refractivity contribution in [1.29, 1.82) is 0 Å². The Balaban J connectivity index is 1.58. The molecule has 23 heavy (non-hydrogen) atoms. The van der Waals surface area contributed by atoms with Crippen molar-refractivity contribution in [2.75, 3.05) is 6.54 Å². The number of amides is 2. The van der Waals surface area contributed by atoms with Gasteiger partial charge in [0.2, 0.25) is 0 Å². The van der Waals surface area contributed by atoms with Gasteiger partial charge in [-0.3, -0.25) is 0 Å². The van der Waals surface area contributed by atoms with Crippen LogP contribution in [-0.4, -0.2) is 17.7 Å². The van der Waals surface area contributed by atoms with E-state index in [4.69, 9.17) is 0 Å². The SMILES string of the molecule is O=C(NCC(O)c1ccsc1)NC1CCCc2ccc(F)cc21. The van der Waals surface area contributed by atoms with Crippen LogP contribution in [0.2, 0.25) is 0 Å². The molecule has 3 rings (SSSR count). The maximum atomic E-state index is 13.5. The van der Waals surface area contributed by atoms with Gasteiger partial charge in [-0.1, -0.05) is 6.07 Å². The highest BCUT2D eigenvalue weighted by molar-refractivity contribution is 7.07. The summed E-state index contributed by atoms with van der Waals surface area (Å²) in [5, 5.41) is 19.3. The van der Waals surface area contributed by atoms with Gasteiger partial charge in [0.25, 0.3) is 0 Å². The molecule has 6 heteroatoms. The fourth-order valence-corrected chi connectivity index (χ4v) is 3.61. The minimum atomic E-state index is -0.719. The van der Waals surface area contributed by atoms with Gasteiger partial charge in [0.05, 0.1) is 12.1 Å². The molecule has 0 fully saturated rings. The molecule has 0 radical (unpaired) electrons. The van der Waals surface area contributed by atoms with Crippen molar-refractivity contribution in [3.05, 3.63) is 57.5 Å². The van der Waals surface area contributed by atoms with Gasteiger partial charge in [0.1, 0.15) is 5.82 Å². The van der Waals surface area contributed by atoms with E-state index in [9.17, 15) is 14.3 Å². The highest BCUT2D eigenvalue weighted by atomic mass is 32.1. The predicted molar refractivity (Wildman–Crippen MR) is 87.9 cm³/mol. The van der Waals surface area contributed by atoms with Gasteiger partial charge in [-0.2, -0.15) is 11.3 Å². The first kappa shape index (κ1) is 16.0. The first-order valence-electron chi connectivity index (χ1n) is 7.66. The number of fused-ring (bicyclic) bond motifs is 1. The Bertz CT molecular complexity index is 675. The summed E-state index contributed by atoms with van der Waals surface area (Å²) in [4.78, 5) is 12.1. The third-order valence-electron chi connectivity index (χ3n) is 4.11. The van der Waals surface area contributed by atoms with Crippen LogP contribution < -0.4 is 10.6 Å². The van der Waals surface area contributed by atoms with Crippen LogP contribution in [0.1, 0.15) is 41.7 Å². The number of urea groups is 1. The largest absolute Gasteiger partial charge is 0.387 e. The first-order valence-corrected chi connectivity index (χ1v) is 8.60. The summed E-state index contributed by atoms with van der Waals surface area (Å²) in [6, 6.07) is 6.04. The number of hydrogen-bond acceptors (Lipinski definition) is 3. The zero-order chi connectivity index (χ0) is 16.2. The molecular weight excluding hydrogens is 315 g/mol. The number of hydrogen-bond donors (Lipinski definition) is 3. The summed E-state index contributed by atoms with van der Waals surface area (Å²) < 4.78 is 13.5. The number of rotatable bonds is 4. The van der Waals surface area contributed by atoms with Crippen molar-refractivity contribution in [3.63, 3.8) is 0 Å². The van der Waals surface area contributed by atoms with Gasteiger partial charge in [0, 0.05) is 6.54 Å². The average molecular weight is 334 g/mol. The van der Waals surface area contributed by atoms with Gasteiger partial charge in [-0.25, -0.2) is 9.18 Å². The molecule has 3 N–H and O–H groups in total. The second-order valence-electron chi connectivity index (χ2n) is 5.71. The number of aliphatic hydroxyl groups is 1. The van der Waals surface area contributed by atoms with Gasteiger partial charge in [-0.15, -0.1) is 0 Å².